The van der Waals surface area contributed by atoms with Crippen LogP contribution < -0.4 is 10.1 Å². The van der Waals surface area contributed by atoms with Gasteiger partial charge in [-0.3, -0.25) is 9.59 Å². The first-order chi connectivity index (χ1) is 10.9. The SMILES string of the molecule is COc1cccc(C(C)(CC(=O)O)NC(=O)C2CC2C2CC2)c1. The van der Waals surface area contributed by atoms with Crippen LogP contribution in [-0.4, -0.2) is 24.1 Å². The summed E-state index contributed by atoms with van der Waals surface area (Å²) in [6, 6.07) is 7.23. The monoisotopic (exact) mass is 317 g/mol. The van der Waals surface area contributed by atoms with Crippen LogP contribution in [0.1, 0.15) is 38.2 Å². The fraction of sp³-hybridized carbons (Fsp3) is 0.556. The predicted molar refractivity (Wildman–Crippen MR) is 85.1 cm³/mol. The summed E-state index contributed by atoms with van der Waals surface area (Å²) < 4.78 is 5.22. The van der Waals surface area contributed by atoms with E-state index < -0.39 is 11.5 Å². The summed E-state index contributed by atoms with van der Waals surface area (Å²) in [5.74, 6) is 0.971. The lowest BCUT2D eigenvalue weighted by molar-refractivity contribution is -0.139. The molecule has 2 fully saturated rings. The standard InChI is InChI=1S/C18H23NO4/c1-18(10-16(20)21,12-4-3-5-13(8-12)23-2)19-17(22)15-9-14(15)11-6-7-11/h3-5,8,11,14-15H,6-7,9-10H2,1-2H3,(H,19,22)(H,20,21). The van der Waals surface area contributed by atoms with Gasteiger partial charge in [0, 0.05) is 5.92 Å². The van der Waals surface area contributed by atoms with Crippen LogP contribution in [0.25, 0.3) is 0 Å². The molecule has 3 unspecified atom stereocenters. The van der Waals surface area contributed by atoms with Crippen molar-refractivity contribution < 1.29 is 19.4 Å². The molecule has 0 spiro atoms. The molecule has 0 radical (unpaired) electrons. The topological polar surface area (TPSA) is 75.6 Å². The average Bonchev–Trinajstić information content (AvgIpc) is 3.37. The van der Waals surface area contributed by atoms with Crippen molar-refractivity contribution in [1.29, 1.82) is 0 Å². The van der Waals surface area contributed by atoms with E-state index in [2.05, 4.69) is 5.32 Å². The minimum atomic E-state index is -0.940. The summed E-state index contributed by atoms with van der Waals surface area (Å²) in [7, 11) is 1.57. The van der Waals surface area contributed by atoms with Crippen molar-refractivity contribution in [3.63, 3.8) is 0 Å². The van der Waals surface area contributed by atoms with Gasteiger partial charge in [0.1, 0.15) is 5.75 Å². The fourth-order valence-corrected chi connectivity index (χ4v) is 3.41. The van der Waals surface area contributed by atoms with Crippen molar-refractivity contribution in [2.75, 3.05) is 7.11 Å². The molecule has 3 atom stereocenters. The smallest absolute Gasteiger partial charge is 0.306 e. The van der Waals surface area contributed by atoms with Crippen LogP contribution in [-0.2, 0) is 15.1 Å². The highest BCUT2D eigenvalue weighted by molar-refractivity contribution is 5.83. The van der Waals surface area contributed by atoms with Gasteiger partial charge in [0.15, 0.2) is 0 Å². The van der Waals surface area contributed by atoms with E-state index in [1.165, 1.54) is 12.8 Å². The Kier molecular flexibility index (Phi) is 4.04. The second-order valence-electron chi connectivity index (χ2n) is 6.97. The number of carbonyl (C=O) groups excluding carboxylic acids is 1. The van der Waals surface area contributed by atoms with Crippen LogP contribution in [0.3, 0.4) is 0 Å². The summed E-state index contributed by atoms with van der Waals surface area (Å²) in [6.45, 7) is 1.77. The first-order valence-electron chi connectivity index (χ1n) is 8.11. The van der Waals surface area contributed by atoms with Gasteiger partial charge in [0.05, 0.1) is 19.1 Å². The lowest BCUT2D eigenvalue weighted by Gasteiger charge is -2.30. The van der Waals surface area contributed by atoms with Crippen molar-refractivity contribution in [3.8, 4) is 5.75 Å². The van der Waals surface area contributed by atoms with Gasteiger partial charge in [-0.1, -0.05) is 12.1 Å². The molecule has 0 saturated heterocycles. The maximum absolute atomic E-state index is 12.5. The molecule has 1 aromatic carbocycles. The zero-order chi connectivity index (χ0) is 16.6. The number of carboxylic acid groups (broad SMARTS) is 1. The van der Waals surface area contributed by atoms with Crippen LogP contribution in [0.4, 0.5) is 0 Å². The number of amides is 1. The molecular formula is C18H23NO4. The number of hydrogen-bond donors (Lipinski definition) is 2. The van der Waals surface area contributed by atoms with Gasteiger partial charge >= 0.3 is 5.97 Å². The van der Waals surface area contributed by atoms with Crippen molar-refractivity contribution in [2.24, 2.45) is 17.8 Å². The zero-order valence-electron chi connectivity index (χ0n) is 13.5. The molecule has 0 aliphatic heterocycles. The first kappa shape index (κ1) is 15.8. The Hall–Kier alpha value is -2.04. The van der Waals surface area contributed by atoms with Crippen LogP contribution in [0.15, 0.2) is 24.3 Å². The molecule has 5 nitrogen and oxygen atoms in total. The van der Waals surface area contributed by atoms with Gasteiger partial charge in [-0.15, -0.1) is 0 Å². The Bertz CT molecular complexity index is 625. The molecule has 124 valence electrons. The molecule has 2 N–H and O–H groups in total. The third-order valence-electron chi connectivity index (χ3n) is 5.01. The molecule has 5 heteroatoms. The maximum atomic E-state index is 12.5. The maximum Gasteiger partial charge on any atom is 0.306 e. The molecule has 3 rings (SSSR count). The van der Waals surface area contributed by atoms with E-state index in [4.69, 9.17) is 4.74 Å². The van der Waals surface area contributed by atoms with Gasteiger partial charge in [-0.25, -0.2) is 0 Å². The molecule has 2 aliphatic rings. The second kappa shape index (κ2) is 5.87. The molecule has 23 heavy (non-hydrogen) atoms. The number of aliphatic carboxylic acids is 1. The van der Waals surface area contributed by atoms with Crippen molar-refractivity contribution >= 4 is 11.9 Å². The third-order valence-corrected chi connectivity index (χ3v) is 5.01. The van der Waals surface area contributed by atoms with Crippen molar-refractivity contribution in [2.45, 2.75) is 38.1 Å². The molecule has 2 aliphatic carbocycles. The summed E-state index contributed by atoms with van der Waals surface area (Å²) in [4.78, 5) is 23.8. The van der Waals surface area contributed by atoms with Crippen LogP contribution in [0.5, 0.6) is 5.75 Å². The minimum absolute atomic E-state index is 0.0199. The average molecular weight is 317 g/mol. The van der Waals surface area contributed by atoms with E-state index in [0.717, 1.165) is 12.0 Å². The van der Waals surface area contributed by atoms with Gasteiger partial charge in [0.25, 0.3) is 0 Å². The number of carbonyl (C=O) groups is 2. The van der Waals surface area contributed by atoms with E-state index in [9.17, 15) is 14.7 Å². The normalized spacial score (nSPS) is 25.3. The number of rotatable bonds is 7. The Morgan fingerprint density at radius 2 is 2.13 bits per heavy atom. The van der Waals surface area contributed by atoms with Gasteiger partial charge in [-0.2, -0.15) is 0 Å². The number of hydrogen-bond acceptors (Lipinski definition) is 3. The number of methoxy groups -OCH3 is 1. The molecule has 0 aromatic heterocycles. The molecule has 1 amide bonds. The van der Waals surface area contributed by atoms with E-state index >= 15 is 0 Å². The van der Waals surface area contributed by atoms with E-state index in [1.807, 2.05) is 12.1 Å². The highest BCUT2D eigenvalue weighted by atomic mass is 16.5. The molecule has 0 heterocycles. The van der Waals surface area contributed by atoms with Gasteiger partial charge < -0.3 is 15.2 Å². The van der Waals surface area contributed by atoms with E-state index in [-0.39, 0.29) is 18.2 Å². The Morgan fingerprint density at radius 3 is 2.74 bits per heavy atom. The largest absolute Gasteiger partial charge is 0.497 e. The summed E-state index contributed by atoms with van der Waals surface area (Å²) >= 11 is 0. The van der Waals surface area contributed by atoms with Crippen LogP contribution >= 0.6 is 0 Å². The fourth-order valence-electron chi connectivity index (χ4n) is 3.41. The predicted octanol–water partition coefficient (Wildman–Crippen LogP) is 2.55. The highest BCUT2D eigenvalue weighted by Crippen LogP contribution is 2.54. The minimum Gasteiger partial charge on any atom is -0.497 e. The Balaban J connectivity index is 1.77. The molecular weight excluding hydrogens is 294 g/mol. The zero-order valence-corrected chi connectivity index (χ0v) is 13.5. The molecule has 0 bridgehead atoms. The van der Waals surface area contributed by atoms with E-state index in [0.29, 0.717) is 17.6 Å². The number of carboxylic acids is 1. The van der Waals surface area contributed by atoms with Gasteiger partial charge in [0.2, 0.25) is 5.91 Å². The summed E-state index contributed by atoms with van der Waals surface area (Å²) in [5.41, 5.74) is -0.190. The van der Waals surface area contributed by atoms with E-state index in [1.54, 1.807) is 26.2 Å². The number of benzene rings is 1. The summed E-state index contributed by atoms with van der Waals surface area (Å²) in [5, 5.41) is 12.3. The lowest BCUT2D eigenvalue weighted by Crippen LogP contribution is -2.46. The molecule has 2 saturated carbocycles. The Morgan fingerprint density at radius 1 is 1.39 bits per heavy atom. The first-order valence-corrected chi connectivity index (χ1v) is 8.11. The molecule has 1 aromatic rings. The number of nitrogens with one attached hydrogen (secondary N) is 1. The van der Waals surface area contributed by atoms with Crippen LogP contribution in [0.2, 0.25) is 0 Å². The van der Waals surface area contributed by atoms with Crippen LogP contribution in [0, 0.1) is 17.8 Å². The highest BCUT2D eigenvalue weighted by Gasteiger charge is 2.52. The number of ether oxygens (including phenoxy) is 1. The van der Waals surface area contributed by atoms with Crippen molar-refractivity contribution in [1.82, 2.24) is 5.32 Å². The Labute approximate surface area is 136 Å². The lowest BCUT2D eigenvalue weighted by atomic mass is 9.88. The van der Waals surface area contributed by atoms with Crippen molar-refractivity contribution in [3.05, 3.63) is 29.8 Å². The quantitative estimate of drug-likeness (QED) is 0.810. The van der Waals surface area contributed by atoms with Gasteiger partial charge in [-0.05, 0) is 55.7 Å². The third kappa shape index (κ3) is 3.49. The second-order valence-corrected chi connectivity index (χ2v) is 6.97. The summed E-state index contributed by atoms with van der Waals surface area (Å²) in [6.07, 6.45) is 3.25.